The van der Waals surface area contributed by atoms with Gasteiger partial charge in [-0.05, 0) is 78.6 Å². The predicted octanol–water partition coefficient (Wildman–Crippen LogP) is 6.89. The first-order valence-electron chi connectivity index (χ1n) is 10.8. The zero-order valence-electron chi connectivity index (χ0n) is 17.9. The molecule has 2 aromatic rings. The molecule has 1 fully saturated rings. The van der Waals surface area contributed by atoms with E-state index in [4.69, 9.17) is 11.6 Å². The second-order valence-corrected chi connectivity index (χ2v) is 9.11. The van der Waals surface area contributed by atoms with E-state index in [2.05, 4.69) is 24.4 Å². The quantitative estimate of drug-likeness (QED) is 0.460. The Morgan fingerprint density at radius 1 is 1.19 bits per heavy atom. The van der Waals surface area contributed by atoms with Gasteiger partial charge in [0, 0.05) is 17.1 Å². The van der Waals surface area contributed by atoms with Crippen LogP contribution in [0.2, 0.25) is 5.02 Å². The summed E-state index contributed by atoms with van der Waals surface area (Å²) in [5.41, 5.74) is 4.54. The highest BCUT2D eigenvalue weighted by atomic mass is 35.5. The molecular formula is C26H28ClNO3. The van der Waals surface area contributed by atoms with Crippen molar-refractivity contribution in [2.75, 3.05) is 5.32 Å². The molecule has 2 aliphatic rings. The number of halogens is 1. The summed E-state index contributed by atoms with van der Waals surface area (Å²) in [6.07, 6.45) is 7.16. The molecule has 3 N–H and O–H groups in total. The Hall–Kier alpha value is -2.72. The smallest absolute Gasteiger partial charge is 0.231 e. The zero-order valence-corrected chi connectivity index (χ0v) is 18.7. The molecule has 1 saturated carbocycles. The molecule has 162 valence electrons. The fourth-order valence-corrected chi connectivity index (χ4v) is 4.69. The summed E-state index contributed by atoms with van der Waals surface area (Å²) in [5.74, 6) is -0.312. The Morgan fingerprint density at radius 2 is 1.97 bits per heavy atom. The van der Waals surface area contributed by atoms with Gasteiger partial charge in [-0.3, -0.25) is 4.79 Å². The van der Waals surface area contributed by atoms with Gasteiger partial charge in [0.25, 0.3) is 0 Å². The van der Waals surface area contributed by atoms with Crippen LogP contribution in [0.3, 0.4) is 0 Å². The van der Waals surface area contributed by atoms with Crippen LogP contribution in [0.25, 0.3) is 11.1 Å². The Kier molecular flexibility index (Phi) is 5.85. The van der Waals surface area contributed by atoms with Crippen LogP contribution >= 0.6 is 11.6 Å². The van der Waals surface area contributed by atoms with Gasteiger partial charge in [0.15, 0.2) is 5.76 Å². The van der Waals surface area contributed by atoms with Crippen LogP contribution in [-0.2, 0) is 11.2 Å². The van der Waals surface area contributed by atoms with Crippen molar-refractivity contribution in [3.8, 4) is 11.1 Å². The summed E-state index contributed by atoms with van der Waals surface area (Å²) in [7, 11) is 0. The molecule has 2 aliphatic carbocycles. The Labute approximate surface area is 188 Å². The number of carbonyl (C=O) groups excluding carboxylic acids is 1. The first-order chi connectivity index (χ1) is 14.8. The molecule has 2 aromatic carbocycles. The van der Waals surface area contributed by atoms with E-state index in [1.165, 1.54) is 6.08 Å². The maximum absolute atomic E-state index is 13.2. The van der Waals surface area contributed by atoms with Crippen LogP contribution < -0.4 is 5.32 Å². The Morgan fingerprint density at radius 3 is 2.61 bits per heavy atom. The number of rotatable bonds is 6. The highest BCUT2D eigenvalue weighted by molar-refractivity contribution is 6.31. The SMILES string of the molecule is CCCc1ccc(-c2cc(NC(=O)C3(C4C=CC(O)=C(O)C4)CC3)ccc2C)cc1Cl. The number of benzene rings is 2. The second kappa shape index (κ2) is 8.43. The monoisotopic (exact) mass is 437 g/mol. The first kappa shape index (κ1) is 21.5. The van der Waals surface area contributed by atoms with Gasteiger partial charge >= 0.3 is 0 Å². The van der Waals surface area contributed by atoms with Gasteiger partial charge in [0.2, 0.25) is 5.91 Å². The third-order valence-electron chi connectivity index (χ3n) is 6.52. The van der Waals surface area contributed by atoms with E-state index in [1.54, 1.807) is 0 Å². The lowest BCUT2D eigenvalue weighted by Gasteiger charge is -2.25. The summed E-state index contributed by atoms with van der Waals surface area (Å²) in [4.78, 5) is 13.2. The third kappa shape index (κ3) is 4.22. The van der Waals surface area contributed by atoms with Crippen LogP contribution in [0.5, 0.6) is 0 Å². The number of anilines is 1. The topological polar surface area (TPSA) is 69.6 Å². The van der Waals surface area contributed by atoms with Crippen molar-refractivity contribution in [1.29, 1.82) is 0 Å². The Balaban J connectivity index is 1.55. The largest absolute Gasteiger partial charge is 0.508 e. The minimum absolute atomic E-state index is 0.0394. The van der Waals surface area contributed by atoms with Crippen LogP contribution in [0.15, 0.2) is 60.1 Å². The van der Waals surface area contributed by atoms with Crippen molar-refractivity contribution in [3.05, 3.63) is 76.2 Å². The molecule has 0 bridgehead atoms. The lowest BCUT2D eigenvalue weighted by molar-refractivity contribution is -0.122. The minimum Gasteiger partial charge on any atom is -0.508 e. The van der Waals surface area contributed by atoms with Gasteiger partial charge in [-0.15, -0.1) is 0 Å². The number of amides is 1. The number of aliphatic hydroxyl groups is 2. The third-order valence-corrected chi connectivity index (χ3v) is 6.88. The molecule has 31 heavy (non-hydrogen) atoms. The number of nitrogens with one attached hydrogen (secondary N) is 1. The van der Waals surface area contributed by atoms with E-state index in [9.17, 15) is 15.0 Å². The van der Waals surface area contributed by atoms with E-state index >= 15 is 0 Å². The summed E-state index contributed by atoms with van der Waals surface area (Å²) in [6, 6.07) is 12.1. The fourth-order valence-electron chi connectivity index (χ4n) is 4.42. The van der Waals surface area contributed by atoms with E-state index in [0.29, 0.717) is 0 Å². The van der Waals surface area contributed by atoms with Gasteiger partial charge in [-0.1, -0.05) is 49.2 Å². The van der Waals surface area contributed by atoms with Gasteiger partial charge in [-0.25, -0.2) is 0 Å². The van der Waals surface area contributed by atoms with Gasteiger partial charge in [0.05, 0.1) is 5.41 Å². The standard InChI is InChI=1S/C26H28ClNO3/c1-3-4-17-6-7-18(13-22(17)27)21-15-20(9-5-16(21)2)28-25(31)26(11-12-26)19-8-10-23(29)24(30)14-19/h5-10,13,15,19,29-30H,3-4,11-12,14H2,1-2H3,(H,28,31). The summed E-state index contributed by atoms with van der Waals surface area (Å²) in [5, 5.41) is 23.4. The lowest BCUT2D eigenvalue weighted by Crippen LogP contribution is -2.31. The molecule has 4 nitrogen and oxygen atoms in total. The van der Waals surface area contributed by atoms with Crippen molar-refractivity contribution in [2.24, 2.45) is 11.3 Å². The average Bonchev–Trinajstić information content (AvgIpc) is 3.55. The van der Waals surface area contributed by atoms with Crippen LogP contribution in [0.4, 0.5) is 5.69 Å². The molecule has 1 atom stereocenters. The number of carbonyl (C=O) groups is 1. The van der Waals surface area contributed by atoms with Gasteiger partial charge in [0.1, 0.15) is 5.76 Å². The first-order valence-corrected chi connectivity index (χ1v) is 11.2. The normalized spacial score (nSPS) is 19.4. The molecule has 0 saturated heterocycles. The van der Waals surface area contributed by atoms with E-state index in [0.717, 1.165) is 58.6 Å². The lowest BCUT2D eigenvalue weighted by atomic mass is 9.82. The van der Waals surface area contributed by atoms with Crippen LogP contribution in [0, 0.1) is 18.3 Å². The van der Waals surface area contributed by atoms with Crippen molar-refractivity contribution >= 4 is 23.2 Å². The predicted molar refractivity (Wildman–Crippen MR) is 125 cm³/mol. The molecule has 5 heteroatoms. The van der Waals surface area contributed by atoms with Crippen molar-refractivity contribution < 1.29 is 15.0 Å². The van der Waals surface area contributed by atoms with Crippen LogP contribution in [-0.4, -0.2) is 16.1 Å². The molecule has 1 amide bonds. The summed E-state index contributed by atoms with van der Waals surface area (Å²) in [6.45, 7) is 4.18. The maximum Gasteiger partial charge on any atom is 0.231 e. The zero-order chi connectivity index (χ0) is 22.2. The van der Waals surface area contributed by atoms with Crippen molar-refractivity contribution in [1.82, 2.24) is 0 Å². The average molecular weight is 438 g/mol. The second-order valence-electron chi connectivity index (χ2n) is 8.70. The number of aryl methyl sites for hydroxylation is 2. The fraction of sp³-hybridized carbons (Fsp3) is 0.346. The maximum atomic E-state index is 13.2. The molecule has 0 heterocycles. The highest BCUT2D eigenvalue weighted by Crippen LogP contribution is 2.56. The van der Waals surface area contributed by atoms with Crippen molar-refractivity contribution in [2.45, 2.75) is 46.0 Å². The number of allylic oxidation sites excluding steroid dienone is 3. The summed E-state index contributed by atoms with van der Waals surface area (Å²) < 4.78 is 0. The summed E-state index contributed by atoms with van der Waals surface area (Å²) >= 11 is 6.49. The number of hydrogen-bond donors (Lipinski definition) is 3. The van der Waals surface area contributed by atoms with Crippen molar-refractivity contribution in [3.63, 3.8) is 0 Å². The molecule has 0 radical (unpaired) electrons. The molecule has 4 rings (SSSR count). The van der Waals surface area contributed by atoms with Crippen LogP contribution in [0.1, 0.15) is 43.7 Å². The molecule has 0 aliphatic heterocycles. The number of hydrogen-bond acceptors (Lipinski definition) is 3. The molecule has 0 aromatic heterocycles. The van der Waals surface area contributed by atoms with E-state index in [-0.39, 0.29) is 29.8 Å². The van der Waals surface area contributed by atoms with Gasteiger partial charge < -0.3 is 15.5 Å². The van der Waals surface area contributed by atoms with Gasteiger partial charge in [-0.2, -0.15) is 0 Å². The van der Waals surface area contributed by atoms with E-state index < -0.39 is 5.41 Å². The number of aliphatic hydroxyl groups excluding tert-OH is 2. The van der Waals surface area contributed by atoms with E-state index in [1.807, 2.05) is 37.3 Å². The highest BCUT2D eigenvalue weighted by Gasteiger charge is 2.55. The minimum atomic E-state index is -0.526. The molecular weight excluding hydrogens is 410 g/mol. The Bertz CT molecular complexity index is 1080. The molecule has 0 spiro atoms. The molecule has 1 unspecified atom stereocenters.